The lowest BCUT2D eigenvalue weighted by molar-refractivity contribution is -0.137. The summed E-state index contributed by atoms with van der Waals surface area (Å²) in [5.74, 6) is 0. The second-order valence-corrected chi connectivity index (χ2v) is 7.31. The largest absolute Gasteiger partial charge is 0.444 e. The Balaban J connectivity index is 3.28. The number of amides is 1. The predicted molar refractivity (Wildman–Crippen MR) is 88.0 cm³/mol. The zero-order valence-electron chi connectivity index (χ0n) is 14.7. The van der Waals surface area contributed by atoms with Gasteiger partial charge in [0.05, 0.1) is 5.56 Å². The number of nitrogens with one attached hydrogen (secondary N) is 1. The lowest BCUT2D eigenvalue weighted by atomic mass is 9.80. The standard InChI is InChI=1S/C17H25F3N2O2/c1-15(2,3)24-14(23)22-13-10-11(17(18,19)20)6-7-12(13)16(4,5)8-9-21/h6-7,10H,8-9,21H2,1-5H3,(H,22,23). The fraction of sp³-hybridized carbons (Fsp3) is 0.588. The summed E-state index contributed by atoms with van der Waals surface area (Å²) in [7, 11) is 0. The van der Waals surface area contributed by atoms with E-state index in [0.717, 1.165) is 12.1 Å². The number of anilines is 1. The number of halogens is 3. The summed E-state index contributed by atoms with van der Waals surface area (Å²) in [6.07, 6.45) is -4.74. The number of benzene rings is 1. The van der Waals surface area contributed by atoms with Gasteiger partial charge in [-0.3, -0.25) is 5.32 Å². The second-order valence-electron chi connectivity index (χ2n) is 7.31. The van der Waals surface area contributed by atoms with Crippen molar-refractivity contribution in [2.45, 2.75) is 58.2 Å². The van der Waals surface area contributed by atoms with Crippen molar-refractivity contribution < 1.29 is 22.7 Å². The number of nitrogens with two attached hydrogens (primary N) is 1. The third kappa shape index (κ3) is 5.70. The van der Waals surface area contributed by atoms with E-state index < -0.39 is 28.8 Å². The normalized spacial score (nSPS) is 12.9. The van der Waals surface area contributed by atoms with E-state index in [9.17, 15) is 18.0 Å². The van der Waals surface area contributed by atoms with Gasteiger partial charge in [0.25, 0.3) is 0 Å². The van der Waals surface area contributed by atoms with Gasteiger partial charge in [0.1, 0.15) is 5.60 Å². The van der Waals surface area contributed by atoms with E-state index in [1.807, 2.05) is 13.8 Å². The molecule has 7 heteroatoms. The van der Waals surface area contributed by atoms with Crippen molar-refractivity contribution in [1.82, 2.24) is 0 Å². The first-order chi connectivity index (χ1) is 10.8. The molecule has 0 saturated carbocycles. The van der Waals surface area contributed by atoms with Crippen LogP contribution in [0.1, 0.15) is 52.2 Å². The minimum Gasteiger partial charge on any atom is -0.444 e. The lowest BCUT2D eigenvalue weighted by Crippen LogP contribution is -2.29. The van der Waals surface area contributed by atoms with Crippen molar-refractivity contribution in [1.29, 1.82) is 0 Å². The summed E-state index contributed by atoms with van der Waals surface area (Å²) in [4.78, 5) is 12.0. The number of hydrogen-bond acceptors (Lipinski definition) is 3. The summed E-state index contributed by atoms with van der Waals surface area (Å²) >= 11 is 0. The molecule has 24 heavy (non-hydrogen) atoms. The maximum Gasteiger partial charge on any atom is 0.416 e. The lowest BCUT2D eigenvalue weighted by Gasteiger charge is -2.28. The Morgan fingerprint density at radius 3 is 2.21 bits per heavy atom. The maximum absolute atomic E-state index is 13.0. The molecule has 4 nitrogen and oxygen atoms in total. The molecule has 1 aromatic rings. The van der Waals surface area contributed by atoms with E-state index in [2.05, 4.69) is 5.32 Å². The van der Waals surface area contributed by atoms with E-state index in [0.29, 0.717) is 18.5 Å². The van der Waals surface area contributed by atoms with Crippen LogP contribution in [0.4, 0.5) is 23.7 Å². The molecular weight excluding hydrogens is 321 g/mol. The molecule has 0 heterocycles. The van der Waals surface area contributed by atoms with Crippen molar-refractivity contribution in [2.75, 3.05) is 11.9 Å². The highest BCUT2D eigenvalue weighted by Crippen LogP contribution is 2.37. The topological polar surface area (TPSA) is 64.3 Å². The van der Waals surface area contributed by atoms with Crippen molar-refractivity contribution >= 4 is 11.8 Å². The summed E-state index contributed by atoms with van der Waals surface area (Å²) in [6.45, 7) is 9.14. The molecule has 0 aromatic heterocycles. The SMILES string of the molecule is CC(C)(C)OC(=O)Nc1cc(C(F)(F)F)ccc1C(C)(C)CCN. The molecule has 0 aliphatic rings. The molecular formula is C17H25F3N2O2. The van der Waals surface area contributed by atoms with Crippen LogP contribution in [0.15, 0.2) is 18.2 Å². The molecule has 136 valence electrons. The Hall–Kier alpha value is -1.76. The number of hydrogen-bond donors (Lipinski definition) is 2. The van der Waals surface area contributed by atoms with Gasteiger partial charge in [0.2, 0.25) is 0 Å². The third-order valence-corrected chi connectivity index (χ3v) is 3.48. The fourth-order valence-corrected chi connectivity index (χ4v) is 2.32. The minimum atomic E-state index is -4.50. The molecule has 1 amide bonds. The van der Waals surface area contributed by atoms with Crippen LogP contribution in [0, 0.1) is 0 Å². The van der Waals surface area contributed by atoms with Crippen LogP contribution in [0.3, 0.4) is 0 Å². The second kappa shape index (κ2) is 7.01. The Bertz CT molecular complexity index is 590. The average molecular weight is 346 g/mol. The summed E-state index contributed by atoms with van der Waals surface area (Å²) in [5.41, 5.74) is 4.17. The summed E-state index contributed by atoms with van der Waals surface area (Å²) in [5, 5.41) is 2.44. The Morgan fingerprint density at radius 2 is 1.75 bits per heavy atom. The zero-order chi connectivity index (χ0) is 18.8. The Morgan fingerprint density at radius 1 is 1.17 bits per heavy atom. The highest BCUT2D eigenvalue weighted by Gasteiger charge is 2.33. The van der Waals surface area contributed by atoms with Gasteiger partial charge in [-0.15, -0.1) is 0 Å². The molecule has 1 rings (SSSR count). The number of carbonyl (C=O) groups is 1. The predicted octanol–water partition coefficient (Wildman–Crippen LogP) is 4.68. The number of rotatable bonds is 4. The molecule has 1 aromatic carbocycles. The zero-order valence-corrected chi connectivity index (χ0v) is 14.7. The number of carbonyl (C=O) groups excluding carboxylic acids is 1. The van der Waals surface area contributed by atoms with Gasteiger partial charge in [-0.05, 0) is 56.8 Å². The van der Waals surface area contributed by atoms with E-state index >= 15 is 0 Å². The molecule has 0 spiro atoms. The monoisotopic (exact) mass is 346 g/mol. The number of alkyl halides is 3. The molecule has 0 aliphatic carbocycles. The smallest absolute Gasteiger partial charge is 0.416 e. The summed E-state index contributed by atoms with van der Waals surface area (Å²) < 4.78 is 44.1. The summed E-state index contributed by atoms with van der Waals surface area (Å²) in [6, 6.07) is 3.32. The van der Waals surface area contributed by atoms with Gasteiger partial charge >= 0.3 is 12.3 Å². The van der Waals surface area contributed by atoms with Crippen LogP contribution < -0.4 is 11.1 Å². The molecule has 0 saturated heterocycles. The molecule has 0 atom stereocenters. The highest BCUT2D eigenvalue weighted by molar-refractivity contribution is 5.86. The van der Waals surface area contributed by atoms with Crippen LogP contribution >= 0.6 is 0 Å². The number of ether oxygens (including phenoxy) is 1. The highest BCUT2D eigenvalue weighted by atomic mass is 19.4. The van der Waals surface area contributed by atoms with E-state index in [1.165, 1.54) is 6.07 Å². The third-order valence-electron chi connectivity index (χ3n) is 3.48. The molecule has 0 aliphatic heterocycles. The van der Waals surface area contributed by atoms with Gasteiger partial charge in [-0.25, -0.2) is 4.79 Å². The van der Waals surface area contributed by atoms with Crippen molar-refractivity contribution in [3.8, 4) is 0 Å². The van der Waals surface area contributed by atoms with Crippen LogP contribution in [0.2, 0.25) is 0 Å². The Labute approximate surface area is 140 Å². The van der Waals surface area contributed by atoms with Crippen LogP contribution in [0.5, 0.6) is 0 Å². The molecule has 0 bridgehead atoms. The first kappa shape index (κ1) is 20.3. The van der Waals surface area contributed by atoms with Crippen molar-refractivity contribution in [3.63, 3.8) is 0 Å². The van der Waals surface area contributed by atoms with Gasteiger partial charge < -0.3 is 10.5 Å². The van der Waals surface area contributed by atoms with Crippen molar-refractivity contribution in [2.24, 2.45) is 5.73 Å². The van der Waals surface area contributed by atoms with E-state index in [-0.39, 0.29) is 5.69 Å². The molecule has 3 N–H and O–H groups in total. The first-order valence-electron chi connectivity index (χ1n) is 7.68. The van der Waals surface area contributed by atoms with E-state index in [1.54, 1.807) is 20.8 Å². The van der Waals surface area contributed by atoms with Crippen LogP contribution in [-0.4, -0.2) is 18.2 Å². The van der Waals surface area contributed by atoms with Crippen LogP contribution in [-0.2, 0) is 16.3 Å². The first-order valence-corrected chi connectivity index (χ1v) is 7.68. The van der Waals surface area contributed by atoms with Gasteiger partial charge in [0, 0.05) is 5.69 Å². The van der Waals surface area contributed by atoms with E-state index in [4.69, 9.17) is 10.5 Å². The van der Waals surface area contributed by atoms with Gasteiger partial charge in [-0.1, -0.05) is 19.9 Å². The molecule has 0 radical (unpaired) electrons. The average Bonchev–Trinajstić information content (AvgIpc) is 2.34. The maximum atomic E-state index is 13.0. The van der Waals surface area contributed by atoms with Gasteiger partial charge in [0.15, 0.2) is 0 Å². The van der Waals surface area contributed by atoms with Crippen molar-refractivity contribution in [3.05, 3.63) is 29.3 Å². The molecule has 0 unspecified atom stereocenters. The van der Waals surface area contributed by atoms with Crippen LogP contribution in [0.25, 0.3) is 0 Å². The molecule has 0 fully saturated rings. The fourth-order valence-electron chi connectivity index (χ4n) is 2.32. The minimum absolute atomic E-state index is 0.0810. The Kier molecular flexibility index (Phi) is 5.92. The quantitative estimate of drug-likeness (QED) is 0.832. The van der Waals surface area contributed by atoms with Gasteiger partial charge in [-0.2, -0.15) is 13.2 Å².